The molecule has 0 spiro atoms. The second kappa shape index (κ2) is 6.48. The van der Waals surface area contributed by atoms with Gasteiger partial charge in [0.2, 0.25) is 0 Å². The van der Waals surface area contributed by atoms with Gasteiger partial charge in [-0.1, -0.05) is 6.58 Å². The van der Waals surface area contributed by atoms with Crippen molar-refractivity contribution in [1.29, 1.82) is 0 Å². The van der Waals surface area contributed by atoms with Gasteiger partial charge in [0.25, 0.3) is 0 Å². The maximum Gasteiger partial charge on any atom is 0.0935 e. The van der Waals surface area contributed by atoms with Crippen molar-refractivity contribution in [2.45, 2.75) is 25.4 Å². The van der Waals surface area contributed by atoms with Crippen LogP contribution < -0.4 is 0 Å². The molecular formula is C11H20N2O2. The first-order chi connectivity index (χ1) is 7.26. The monoisotopic (exact) mass is 212 g/mol. The number of hydrogen-bond acceptors (Lipinski definition) is 4. The highest BCUT2D eigenvalue weighted by molar-refractivity contribution is 4.94. The van der Waals surface area contributed by atoms with Crippen molar-refractivity contribution in [2.75, 3.05) is 19.8 Å². The number of aliphatic hydroxyl groups is 2. The Morgan fingerprint density at radius 3 is 2.80 bits per heavy atom. The van der Waals surface area contributed by atoms with Crippen LogP contribution in [0.2, 0.25) is 0 Å². The van der Waals surface area contributed by atoms with Gasteiger partial charge in [0.05, 0.1) is 19.4 Å². The minimum atomic E-state index is -0.552. The van der Waals surface area contributed by atoms with Gasteiger partial charge in [-0.3, -0.25) is 0 Å². The average Bonchev–Trinajstić information content (AvgIpc) is 2.72. The third-order valence-electron chi connectivity index (χ3n) is 2.49. The number of aliphatic hydroxyl groups excluding tert-OH is 2. The zero-order valence-corrected chi connectivity index (χ0v) is 9.05. The summed E-state index contributed by atoms with van der Waals surface area (Å²) < 4.78 is 0. The quantitative estimate of drug-likeness (QED) is 0.610. The minimum Gasteiger partial charge on any atom is -0.394 e. The highest BCUT2D eigenvalue weighted by Gasteiger charge is 2.09. The molecule has 2 N–H and O–H groups in total. The first-order valence-corrected chi connectivity index (χ1v) is 5.36. The van der Waals surface area contributed by atoms with Crippen LogP contribution in [0.25, 0.3) is 0 Å². The maximum absolute atomic E-state index is 9.13. The smallest absolute Gasteiger partial charge is 0.0935 e. The zero-order valence-electron chi connectivity index (χ0n) is 9.05. The third kappa shape index (κ3) is 4.36. The summed E-state index contributed by atoms with van der Waals surface area (Å²) in [6.45, 7) is 5.42. The molecule has 0 fully saturated rings. The van der Waals surface area contributed by atoms with Crippen molar-refractivity contribution in [1.82, 2.24) is 9.80 Å². The van der Waals surface area contributed by atoms with E-state index >= 15 is 0 Å². The molecule has 0 radical (unpaired) electrons. The van der Waals surface area contributed by atoms with Crippen LogP contribution in [0.5, 0.6) is 0 Å². The molecule has 4 heteroatoms. The molecule has 1 rings (SSSR count). The molecule has 0 aliphatic carbocycles. The van der Waals surface area contributed by atoms with Crippen LogP contribution in [0, 0.1) is 0 Å². The van der Waals surface area contributed by atoms with E-state index < -0.39 is 6.10 Å². The Kier molecular flexibility index (Phi) is 5.21. The van der Waals surface area contributed by atoms with Crippen molar-refractivity contribution < 1.29 is 10.2 Å². The first kappa shape index (κ1) is 12.1. The molecule has 1 aliphatic rings. The normalized spacial score (nSPS) is 17.2. The van der Waals surface area contributed by atoms with E-state index in [2.05, 4.69) is 11.5 Å². The number of rotatable bonds is 7. The van der Waals surface area contributed by atoms with E-state index in [0.717, 1.165) is 26.1 Å². The summed E-state index contributed by atoms with van der Waals surface area (Å²) in [7, 11) is 0. The molecule has 0 amide bonds. The van der Waals surface area contributed by atoms with Crippen LogP contribution >= 0.6 is 0 Å². The van der Waals surface area contributed by atoms with Crippen LogP contribution in [0.3, 0.4) is 0 Å². The van der Waals surface area contributed by atoms with E-state index in [0.29, 0.717) is 6.42 Å². The predicted molar refractivity (Wildman–Crippen MR) is 59.7 cm³/mol. The summed E-state index contributed by atoms with van der Waals surface area (Å²) in [6.07, 6.45) is 7.95. The van der Waals surface area contributed by atoms with Crippen LogP contribution in [0.1, 0.15) is 19.3 Å². The van der Waals surface area contributed by atoms with Gasteiger partial charge >= 0.3 is 0 Å². The molecule has 0 aromatic carbocycles. The van der Waals surface area contributed by atoms with Crippen LogP contribution in [-0.2, 0) is 0 Å². The Bertz CT molecular complexity index is 219. The number of unbranched alkanes of at least 4 members (excludes halogenated alkanes) is 1. The van der Waals surface area contributed by atoms with Crippen molar-refractivity contribution in [2.24, 2.45) is 0 Å². The summed E-state index contributed by atoms with van der Waals surface area (Å²) in [4.78, 5) is 4.22. The SMILES string of the molecule is C=CN1C=CN(CCCCC(O)CO)C1. The fraction of sp³-hybridized carbons (Fsp3) is 0.636. The third-order valence-corrected chi connectivity index (χ3v) is 2.49. The fourth-order valence-corrected chi connectivity index (χ4v) is 1.53. The van der Waals surface area contributed by atoms with E-state index in [9.17, 15) is 0 Å². The first-order valence-electron chi connectivity index (χ1n) is 5.36. The fourth-order valence-electron chi connectivity index (χ4n) is 1.53. The lowest BCUT2D eigenvalue weighted by molar-refractivity contribution is 0.0855. The van der Waals surface area contributed by atoms with E-state index in [4.69, 9.17) is 10.2 Å². The zero-order chi connectivity index (χ0) is 11.1. The van der Waals surface area contributed by atoms with Gasteiger partial charge in [-0.2, -0.15) is 0 Å². The Morgan fingerprint density at radius 2 is 2.20 bits per heavy atom. The molecule has 15 heavy (non-hydrogen) atoms. The van der Waals surface area contributed by atoms with Crippen molar-refractivity contribution in [3.63, 3.8) is 0 Å². The minimum absolute atomic E-state index is 0.131. The molecule has 1 atom stereocenters. The van der Waals surface area contributed by atoms with Gasteiger partial charge in [-0.25, -0.2) is 0 Å². The number of hydrogen-bond donors (Lipinski definition) is 2. The van der Waals surface area contributed by atoms with Crippen LogP contribution in [0.15, 0.2) is 25.2 Å². The van der Waals surface area contributed by atoms with Crippen molar-refractivity contribution in [3.8, 4) is 0 Å². The number of nitrogens with zero attached hydrogens (tertiary/aromatic N) is 2. The standard InChI is InChI=1S/C11H20N2O2/c1-2-12-7-8-13(10-12)6-4-3-5-11(15)9-14/h2,7-8,11,14-15H,1,3-6,9-10H2. The molecule has 0 bridgehead atoms. The van der Waals surface area contributed by atoms with Crippen LogP contribution in [0.4, 0.5) is 0 Å². The van der Waals surface area contributed by atoms with Gasteiger partial charge in [0, 0.05) is 18.9 Å². The molecule has 0 saturated carbocycles. The summed E-state index contributed by atoms with van der Waals surface area (Å²) in [5.74, 6) is 0. The molecule has 1 heterocycles. The molecular weight excluding hydrogens is 192 g/mol. The Labute approximate surface area is 91.1 Å². The maximum atomic E-state index is 9.13. The lowest BCUT2D eigenvalue weighted by atomic mass is 10.1. The Morgan fingerprint density at radius 1 is 1.40 bits per heavy atom. The largest absolute Gasteiger partial charge is 0.394 e. The van der Waals surface area contributed by atoms with E-state index in [1.54, 1.807) is 6.20 Å². The lowest BCUT2D eigenvalue weighted by Gasteiger charge is -2.18. The second-order valence-electron chi connectivity index (χ2n) is 3.78. The molecule has 4 nitrogen and oxygen atoms in total. The van der Waals surface area contributed by atoms with Gasteiger partial charge < -0.3 is 20.0 Å². The summed E-state index contributed by atoms with van der Waals surface area (Å²) >= 11 is 0. The highest BCUT2D eigenvalue weighted by atomic mass is 16.3. The average molecular weight is 212 g/mol. The topological polar surface area (TPSA) is 46.9 Å². The second-order valence-corrected chi connectivity index (χ2v) is 3.78. The van der Waals surface area contributed by atoms with Crippen molar-refractivity contribution >= 4 is 0 Å². The Hall–Kier alpha value is -1.00. The summed E-state index contributed by atoms with van der Waals surface area (Å²) in [5, 5.41) is 17.8. The van der Waals surface area contributed by atoms with Gasteiger partial charge in [0.1, 0.15) is 0 Å². The van der Waals surface area contributed by atoms with E-state index in [1.807, 2.05) is 17.3 Å². The van der Waals surface area contributed by atoms with Gasteiger partial charge in [0.15, 0.2) is 0 Å². The van der Waals surface area contributed by atoms with E-state index in [1.165, 1.54) is 0 Å². The molecule has 0 saturated heterocycles. The lowest BCUT2D eigenvalue weighted by Crippen LogP contribution is -2.23. The van der Waals surface area contributed by atoms with Gasteiger partial charge in [-0.15, -0.1) is 0 Å². The molecule has 1 unspecified atom stereocenters. The van der Waals surface area contributed by atoms with E-state index in [-0.39, 0.29) is 6.61 Å². The molecule has 1 aliphatic heterocycles. The molecule has 86 valence electrons. The molecule has 0 aromatic rings. The Balaban J connectivity index is 2.02. The van der Waals surface area contributed by atoms with Gasteiger partial charge in [-0.05, 0) is 25.5 Å². The predicted octanol–water partition coefficient (Wildman–Crippen LogP) is 0.700. The van der Waals surface area contributed by atoms with Crippen LogP contribution in [-0.4, -0.2) is 45.9 Å². The summed E-state index contributed by atoms with van der Waals surface area (Å²) in [5.41, 5.74) is 0. The summed E-state index contributed by atoms with van der Waals surface area (Å²) in [6, 6.07) is 0. The van der Waals surface area contributed by atoms with Crippen molar-refractivity contribution in [3.05, 3.63) is 25.2 Å². The molecule has 0 aromatic heterocycles. The highest BCUT2D eigenvalue weighted by Crippen LogP contribution is 2.09.